The summed E-state index contributed by atoms with van der Waals surface area (Å²) >= 11 is 0. The van der Waals surface area contributed by atoms with Crippen LogP contribution in [-0.4, -0.2) is 21.0 Å². The van der Waals surface area contributed by atoms with Crippen LogP contribution in [0.5, 0.6) is 0 Å². The fourth-order valence-corrected chi connectivity index (χ4v) is 0.283. The van der Waals surface area contributed by atoms with Gasteiger partial charge in [-0.15, -0.1) is 0 Å². The summed E-state index contributed by atoms with van der Waals surface area (Å²) in [6.07, 6.45) is 0. The maximum absolute atomic E-state index is 11.1. The Kier molecular flexibility index (Phi) is 4.47. The van der Waals surface area contributed by atoms with Crippen molar-refractivity contribution in [2.75, 3.05) is 7.11 Å². The molecular formula is C2H7F3O3PS+. The molecule has 0 N–H and O–H groups in total. The largest absolute Gasteiger partial charge is 0.523 e. The molecule has 0 saturated carbocycles. The lowest BCUT2D eigenvalue weighted by Gasteiger charge is -2.02. The Balaban J connectivity index is 0. The first-order chi connectivity index (χ1) is 3.81. The number of halogens is 3. The molecule has 0 radical (unpaired) electrons. The quantitative estimate of drug-likeness (QED) is 0.346. The highest BCUT2D eigenvalue weighted by molar-refractivity contribution is 7.87. The van der Waals surface area contributed by atoms with Crippen LogP contribution in [-0.2, 0) is 14.3 Å². The lowest BCUT2D eigenvalue weighted by molar-refractivity contribution is -0.0526. The van der Waals surface area contributed by atoms with Gasteiger partial charge in [0.1, 0.15) is 0 Å². The number of rotatable bonds is 1. The predicted octanol–water partition coefficient (Wildman–Crippen LogP) is 0.273. The van der Waals surface area contributed by atoms with Crippen molar-refractivity contribution in [1.29, 1.82) is 0 Å². The molecule has 0 amide bonds. The average Bonchev–Trinajstić information content (AvgIpc) is 1.64. The zero-order chi connectivity index (χ0) is 7.71. The van der Waals surface area contributed by atoms with Crippen molar-refractivity contribution >= 4 is 20.0 Å². The van der Waals surface area contributed by atoms with Gasteiger partial charge in [0.05, 0.1) is 7.11 Å². The third kappa shape index (κ3) is 2.81. The molecular weight excluding hydrogens is 192 g/mol. The van der Waals surface area contributed by atoms with E-state index in [4.69, 9.17) is 0 Å². The van der Waals surface area contributed by atoms with Crippen molar-refractivity contribution in [3.05, 3.63) is 0 Å². The van der Waals surface area contributed by atoms with Crippen molar-refractivity contribution in [3.8, 4) is 0 Å². The molecule has 0 aromatic heterocycles. The lowest BCUT2D eigenvalue weighted by Crippen LogP contribution is -2.23. The molecule has 0 aliphatic carbocycles. The summed E-state index contributed by atoms with van der Waals surface area (Å²) in [4.78, 5) is 0. The lowest BCUT2D eigenvalue weighted by atomic mass is 11.6. The Morgan fingerprint density at radius 2 is 1.60 bits per heavy atom. The monoisotopic (exact) mass is 199 g/mol. The van der Waals surface area contributed by atoms with Crippen molar-refractivity contribution in [1.82, 2.24) is 0 Å². The topological polar surface area (TPSA) is 43.4 Å². The molecule has 0 fully saturated rings. The SMILES string of the molecule is COS(=O)(=O)C(F)(F)F.[PH4+]. The molecule has 10 heavy (non-hydrogen) atoms. The van der Waals surface area contributed by atoms with Crippen LogP contribution in [0.4, 0.5) is 13.2 Å². The van der Waals surface area contributed by atoms with Crippen LogP contribution in [0.25, 0.3) is 0 Å². The Morgan fingerprint density at radius 1 is 1.30 bits per heavy atom. The fourth-order valence-electron chi connectivity index (χ4n) is 0.0945. The van der Waals surface area contributed by atoms with Crippen LogP contribution < -0.4 is 0 Å². The van der Waals surface area contributed by atoms with Gasteiger partial charge in [-0.25, -0.2) is 0 Å². The molecule has 1 atom stereocenters. The first kappa shape index (κ1) is 12.8. The second kappa shape index (κ2) is 3.50. The minimum Gasteiger partial charge on any atom is -0.267 e. The van der Waals surface area contributed by atoms with Gasteiger partial charge >= 0.3 is 15.6 Å². The van der Waals surface area contributed by atoms with Gasteiger partial charge in [0.15, 0.2) is 0 Å². The van der Waals surface area contributed by atoms with Crippen LogP contribution >= 0.6 is 9.90 Å². The second-order valence-electron chi connectivity index (χ2n) is 1.07. The van der Waals surface area contributed by atoms with Gasteiger partial charge in [0.25, 0.3) is 0 Å². The molecule has 0 aliphatic rings. The maximum Gasteiger partial charge on any atom is 0.523 e. The van der Waals surface area contributed by atoms with Gasteiger partial charge in [0.2, 0.25) is 0 Å². The Bertz CT molecular complexity index is 182. The smallest absolute Gasteiger partial charge is 0.267 e. The zero-order valence-electron chi connectivity index (χ0n) is 5.27. The molecule has 0 saturated heterocycles. The average molecular weight is 199 g/mol. The molecule has 8 heteroatoms. The van der Waals surface area contributed by atoms with Crippen LogP contribution in [0.3, 0.4) is 0 Å². The molecule has 0 rings (SSSR count). The summed E-state index contributed by atoms with van der Waals surface area (Å²) in [5.74, 6) is 0. The summed E-state index contributed by atoms with van der Waals surface area (Å²) in [6.45, 7) is 0. The number of hydrogen-bond donors (Lipinski definition) is 0. The predicted molar refractivity (Wildman–Crippen MR) is 34.5 cm³/mol. The normalized spacial score (nSPS) is 12.4. The van der Waals surface area contributed by atoms with Gasteiger partial charge in [-0.1, -0.05) is 0 Å². The van der Waals surface area contributed by atoms with E-state index in [0.29, 0.717) is 7.11 Å². The van der Waals surface area contributed by atoms with Crippen molar-refractivity contribution in [2.24, 2.45) is 0 Å². The van der Waals surface area contributed by atoms with Gasteiger partial charge < -0.3 is 0 Å². The van der Waals surface area contributed by atoms with E-state index < -0.39 is 15.6 Å². The third-order valence-electron chi connectivity index (χ3n) is 0.503. The molecule has 0 aromatic rings. The van der Waals surface area contributed by atoms with Crippen molar-refractivity contribution < 1.29 is 25.8 Å². The maximum atomic E-state index is 11.1. The zero-order valence-corrected chi connectivity index (χ0v) is 8.08. The first-order valence-corrected chi connectivity index (χ1v) is 3.09. The minimum atomic E-state index is -5.34. The highest BCUT2D eigenvalue weighted by atomic mass is 32.2. The van der Waals surface area contributed by atoms with E-state index in [1.807, 2.05) is 0 Å². The first-order valence-electron chi connectivity index (χ1n) is 1.68. The van der Waals surface area contributed by atoms with Crippen LogP contribution in [0.15, 0.2) is 0 Å². The number of hydrogen-bond acceptors (Lipinski definition) is 3. The molecule has 0 aromatic carbocycles. The molecule has 0 bridgehead atoms. The highest BCUT2D eigenvalue weighted by Gasteiger charge is 2.46. The standard InChI is InChI=1S/C2H3F3O3S.H3P/c1-8-9(6,7)2(3,4)5;/h1H3;1H3/p+1. The molecule has 64 valence electrons. The van der Waals surface area contributed by atoms with Gasteiger partial charge in [-0.05, 0) is 9.90 Å². The van der Waals surface area contributed by atoms with E-state index in [-0.39, 0.29) is 9.90 Å². The molecule has 0 heterocycles. The van der Waals surface area contributed by atoms with Crippen LogP contribution in [0, 0.1) is 0 Å². The summed E-state index contributed by atoms with van der Waals surface area (Å²) in [6, 6.07) is 0. The van der Waals surface area contributed by atoms with Gasteiger partial charge in [0, 0.05) is 0 Å². The highest BCUT2D eigenvalue weighted by Crippen LogP contribution is 2.23. The van der Waals surface area contributed by atoms with Gasteiger partial charge in [-0.2, -0.15) is 21.6 Å². The second-order valence-corrected chi connectivity index (χ2v) is 2.77. The van der Waals surface area contributed by atoms with E-state index >= 15 is 0 Å². The van der Waals surface area contributed by atoms with E-state index in [9.17, 15) is 21.6 Å². The Morgan fingerprint density at radius 3 is 1.60 bits per heavy atom. The fraction of sp³-hybridized carbons (Fsp3) is 1.00. The van der Waals surface area contributed by atoms with E-state index in [0.717, 1.165) is 0 Å². The van der Waals surface area contributed by atoms with Gasteiger partial charge in [-0.3, -0.25) is 4.18 Å². The van der Waals surface area contributed by atoms with E-state index in [1.54, 1.807) is 0 Å². The molecule has 0 spiro atoms. The Labute approximate surface area is 59.3 Å². The van der Waals surface area contributed by atoms with Crippen LogP contribution in [0.2, 0.25) is 0 Å². The van der Waals surface area contributed by atoms with E-state index in [2.05, 4.69) is 4.18 Å². The van der Waals surface area contributed by atoms with E-state index in [1.165, 1.54) is 0 Å². The molecule has 3 nitrogen and oxygen atoms in total. The number of alkyl halides is 3. The molecule has 1 unspecified atom stereocenters. The summed E-state index contributed by atoms with van der Waals surface area (Å²) in [7, 11) is -4.89. The Hall–Kier alpha value is 0.130. The van der Waals surface area contributed by atoms with Crippen LogP contribution in [0.1, 0.15) is 0 Å². The molecule has 0 aliphatic heterocycles. The third-order valence-corrected chi connectivity index (χ3v) is 1.51. The minimum absolute atomic E-state index is 0. The summed E-state index contributed by atoms with van der Waals surface area (Å²) < 4.78 is 55.9. The van der Waals surface area contributed by atoms with Crippen molar-refractivity contribution in [3.63, 3.8) is 0 Å². The van der Waals surface area contributed by atoms with Crippen molar-refractivity contribution in [2.45, 2.75) is 5.51 Å². The summed E-state index contributed by atoms with van der Waals surface area (Å²) in [5, 5.41) is 0. The summed E-state index contributed by atoms with van der Waals surface area (Å²) in [5.41, 5.74) is -5.30.